The Balaban J connectivity index is 2.37. The van der Waals surface area contributed by atoms with Crippen LogP contribution in [-0.2, 0) is 7.05 Å². The molecule has 0 aliphatic carbocycles. The lowest BCUT2D eigenvalue weighted by atomic mass is 10.3. The predicted octanol–water partition coefficient (Wildman–Crippen LogP) is 2.30. The molecule has 2 aromatic heterocycles. The van der Waals surface area contributed by atoms with Gasteiger partial charge in [0.1, 0.15) is 0 Å². The standard InChI is InChI=1S/C12H12ClN5/c1-7-11(6-17(2)16-7)18-10-5-8(13)3-4-9(10)15-12(18)14/h3-6H,1-2H3,(H2,14,15). The molecule has 1 aromatic carbocycles. The molecule has 3 rings (SSSR count). The Morgan fingerprint density at radius 2 is 2.11 bits per heavy atom. The molecule has 2 N–H and O–H groups in total. The van der Waals surface area contributed by atoms with Crippen LogP contribution in [0.25, 0.3) is 16.7 Å². The summed E-state index contributed by atoms with van der Waals surface area (Å²) < 4.78 is 3.62. The number of nitrogens with two attached hydrogens (primary N) is 1. The smallest absolute Gasteiger partial charge is 0.206 e. The van der Waals surface area contributed by atoms with Crippen molar-refractivity contribution in [2.75, 3.05) is 5.73 Å². The summed E-state index contributed by atoms with van der Waals surface area (Å²) in [6.07, 6.45) is 1.91. The van der Waals surface area contributed by atoms with Crippen molar-refractivity contribution in [1.82, 2.24) is 19.3 Å². The van der Waals surface area contributed by atoms with Gasteiger partial charge < -0.3 is 5.73 Å². The molecule has 0 saturated heterocycles. The number of nitrogens with zero attached hydrogens (tertiary/aromatic N) is 4. The number of nitrogen functional groups attached to an aromatic ring is 1. The number of anilines is 1. The Kier molecular flexibility index (Phi) is 2.31. The van der Waals surface area contributed by atoms with Gasteiger partial charge >= 0.3 is 0 Å². The van der Waals surface area contributed by atoms with Gasteiger partial charge in [-0.05, 0) is 25.1 Å². The monoisotopic (exact) mass is 261 g/mol. The first kappa shape index (κ1) is 11.1. The number of hydrogen-bond donors (Lipinski definition) is 1. The molecule has 6 heteroatoms. The van der Waals surface area contributed by atoms with Crippen LogP contribution in [0.2, 0.25) is 5.02 Å². The second-order valence-electron chi connectivity index (χ2n) is 4.21. The fourth-order valence-corrected chi connectivity index (χ4v) is 2.29. The van der Waals surface area contributed by atoms with Crippen molar-refractivity contribution in [3.8, 4) is 5.69 Å². The van der Waals surface area contributed by atoms with E-state index >= 15 is 0 Å². The molecule has 0 bridgehead atoms. The van der Waals surface area contributed by atoms with Crippen molar-refractivity contribution < 1.29 is 0 Å². The predicted molar refractivity (Wildman–Crippen MR) is 72.0 cm³/mol. The average molecular weight is 262 g/mol. The number of aryl methyl sites for hydroxylation is 2. The quantitative estimate of drug-likeness (QED) is 0.731. The molecule has 0 amide bonds. The van der Waals surface area contributed by atoms with Crippen LogP contribution in [0.4, 0.5) is 5.95 Å². The molecule has 2 heterocycles. The molecule has 0 fully saturated rings. The highest BCUT2D eigenvalue weighted by Crippen LogP contribution is 2.26. The number of aromatic nitrogens is 4. The van der Waals surface area contributed by atoms with Crippen LogP contribution in [0.5, 0.6) is 0 Å². The maximum Gasteiger partial charge on any atom is 0.206 e. The van der Waals surface area contributed by atoms with Crippen LogP contribution in [0.3, 0.4) is 0 Å². The van der Waals surface area contributed by atoms with E-state index in [-0.39, 0.29) is 0 Å². The van der Waals surface area contributed by atoms with Gasteiger partial charge in [0, 0.05) is 18.3 Å². The summed E-state index contributed by atoms with van der Waals surface area (Å²) in [5, 5.41) is 4.97. The molecule has 18 heavy (non-hydrogen) atoms. The zero-order chi connectivity index (χ0) is 12.9. The number of benzene rings is 1. The van der Waals surface area contributed by atoms with Crippen molar-refractivity contribution in [1.29, 1.82) is 0 Å². The van der Waals surface area contributed by atoms with Crippen molar-refractivity contribution in [3.63, 3.8) is 0 Å². The van der Waals surface area contributed by atoms with E-state index in [1.54, 1.807) is 10.7 Å². The molecule has 0 spiro atoms. The summed E-state index contributed by atoms with van der Waals surface area (Å²) in [7, 11) is 1.87. The van der Waals surface area contributed by atoms with E-state index in [0.717, 1.165) is 22.4 Å². The molecule has 3 aromatic rings. The first-order valence-corrected chi connectivity index (χ1v) is 5.88. The molecule has 0 radical (unpaired) electrons. The number of rotatable bonds is 1. The molecular weight excluding hydrogens is 250 g/mol. The van der Waals surface area contributed by atoms with E-state index in [9.17, 15) is 0 Å². The van der Waals surface area contributed by atoms with Gasteiger partial charge in [0.15, 0.2) is 0 Å². The highest BCUT2D eigenvalue weighted by atomic mass is 35.5. The summed E-state index contributed by atoms with van der Waals surface area (Å²) in [6, 6.07) is 5.51. The van der Waals surface area contributed by atoms with E-state index < -0.39 is 0 Å². The van der Waals surface area contributed by atoms with Crippen molar-refractivity contribution in [2.45, 2.75) is 6.92 Å². The second kappa shape index (κ2) is 3.74. The van der Waals surface area contributed by atoms with Crippen LogP contribution in [0.15, 0.2) is 24.4 Å². The third-order valence-electron chi connectivity index (χ3n) is 2.87. The van der Waals surface area contributed by atoms with Gasteiger partial charge in [-0.25, -0.2) is 4.98 Å². The normalized spacial score (nSPS) is 11.3. The van der Waals surface area contributed by atoms with Gasteiger partial charge in [-0.15, -0.1) is 0 Å². The second-order valence-corrected chi connectivity index (χ2v) is 4.65. The maximum atomic E-state index is 6.03. The van der Waals surface area contributed by atoms with Crippen molar-refractivity contribution in [2.24, 2.45) is 7.05 Å². The third-order valence-corrected chi connectivity index (χ3v) is 3.11. The van der Waals surface area contributed by atoms with E-state index in [2.05, 4.69) is 10.1 Å². The largest absolute Gasteiger partial charge is 0.369 e. The lowest BCUT2D eigenvalue weighted by Crippen LogP contribution is -2.01. The van der Waals surface area contributed by atoms with Crippen LogP contribution in [0, 0.1) is 6.92 Å². The Hall–Kier alpha value is -2.01. The minimum absolute atomic E-state index is 0.434. The van der Waals surface area contributed by atoms with Gasteiger partial charge in [-0.2, -0.15) is 5.10 Å². The first-order valence-electron chi connectivity index (χ1n) is 5.50. The molecule has 0 atom stereocenters. The van der Waals surface area contributed by atoms with Crippen molar-refractivity contribution in [3.05, 3.63) is 35.1 Å². The zero-order valence-electron chi connectivity index (χ0n) is 10.1. The minimum Gasteiger partial charge on any atom is -0.369 e. The molecule has 0 aliphatic rings. The van der Waals surface area contributed by atoms with E-state index in [4.69, 9.17) is 17.3 Å². The summed E-state index contributed by atoms with van der Waals surface area (Å²) in [4.78, 5) is 4.33. The Morgan fingerprint density at radius 3 is 2.78 bits per heavy atom. The lowest BCUT2D eigenvalue weighted by Gasteiger charge is -2.04. The molecule has 0 aliphatic heterocycles. The van der Waals surface area contributed by atoms with Gasteiger partial charge in [-0.1, -0.05) is 11.6 Å². The molecule has 5 nitrogen and oxygen atoms in total. The van der Waals surface area contributed by atoms with Gasteiger partial charge in [-0.3, -0.25) is 9.25 Å². The van der Waals surface area contributed by atoms with Crippen molar-refractivity contribution >= 4 is 28.6 Å². The highest BCUT2D eigenvalue weighted by molar-refractivity contribution is 6.31. The molecular formula is C12H12ClN5. The summed E-state index contributed by atoms with van der Waals surface area (Å²) >= 11 is 6.03. The Morgan fingerprint density at radius 1 is 1.33 bits per heavy atom. The Bertz CT molecular complexity index is 740. The lowest BCUT2D eigenvalue weighted by molar-refractivity contribution is 0.756. The number of imidazole rings is 1. The van der Waals surface area contributed by atoms with E-state index in [1.165, 1.54) is 0 Å². The average Bonchev–Trinajstić information content (AvgIpc) is 2.77. The topological polar surface area (TPSA) is 61.7 Å². The van der Waals surface area contributed by atoms with Gasteiger partial charge in [0.2, 0.25) is 5.95 Å². The van der Waals surface area contributed by atoms with Crippen LogP contribution in [-0.4, -0.2) is 19.3 Å². The summed E-state index contributed by atoms with van der Waals surface area (Å²) in [5.74, 6) is 0.434. The minimum atomic E-state index is 0.434. The third kappa shape index (κ3) is 1.55. The number of hydrogen-bond acceptors (Lipinski definition) is 3. The Labute approximate surface area is 109 Å². The number of fused-ring (bicyclic) bond motifs is 1. The molecule has 92 valence electrons. The first-order chi connectivity index (χ1) is 8.56. The molecule has 0 saturated carbocycles. The summed E-state index contributed by atoms with van der Waals surface area (Å²) in [6.45, 7) is 1.94. The SMILES string of the molecule is Cc1nn(C)cc1-n1c(N)nc2ccc(Cl)cc21. The number of halogens is 1. The van der Waals surface area contributed by atoms with Crippen LogP contribution in [0.1, 0.15) is 5.69 Å². The van der Waals surface area contributed by atoms with E-state index in [1.807, 2.05) is 36.9 Å². The fraction of sp³-hybridized carbons (Fsp3) is 0.167. The highest BCUT2D eigenvalue weighted by Gasteiger charge is 2.14. The molecule has 0 unspecified atom stereocenters. The summed E-state index contributed by atoms with van der Waals surface area (Å²) in [5.41, 5.74) is 9.50. The van der Waals surface area contributed by atoms with Crippen LogP contribution < -0.4 is 5.73 Å². The van der Waals surface area contributed by atoms with Gasteiger partial charge in [0.05, 0.1) is 22.4 Å². The maximum absolute atomic E-state index is 6.03. The fourth-order valence-electron chi connectivity index (χ4n) is 2.13. The van der Waals surface area contributed by atoms with Gasteiger partial charge in [0.25, 0.3) is 0 Å². The zero-order valence-corrected chi connectivity index (χ0v) is 10.8. The van der Waals surface area contributed by atoms with E-state index in [0.29, 0.717) is 11.0 Å². The van der Waals surface area contributed by atoms with Crippen LogP contribution >= 0.6 is 11.6 Å².